The fourth-order valence-electron chi connectivity index (χ4n) is 2.68. The van der Waals surface area contributed by atoms with Crippen molar-refractivity contribution in [1.82, 2.24) is 15.2 Å². The monoisotopic (exact) mass is 302 g/mol. The molecule has 0 aliphatic carbocycles. The minimum absolute atomic E-state index is 0.388. The van der Waals surface area contributed by atoms with Crippen molar-refractivity contribution >= 4 is 0 Å². The third-order valence-corrected chi connectivity index (χ3v) is 3.83. The smallest absolute Gasteiger partial charge is 0.181 e. The van der Waals surface area contributed by atoms with E-state index in [0.717, 1.165) is 22.5 Å². The van der Waals surface area contributed by atoms with Gasteiger partial charge in [0.15, 0.2) is 5.82 Å². The normalized spacial score (nSPS) is 10.7. The third-order valence-electron chi connectivity index (χ3n) is 3.83. The Bertz CT molecular complexity index is 884. The van der Waals surface area contributed by atoms with Crippen LogP contribution in [0.15, 0.2) is 42.5 Å². The minimum atomic E-state index is 0.388. The van der Waals surface area contributed by atoms with E-state index in [2.05, 4.69) is 53.3 Å². The Balaban J connectivity index is 2.17. The molecular weight excluding hydrogens is 284 g/mol. The number of aromatic amines is 1. The summed E-state index contributed by atoms with van der Waals surface area (Å²) < 4.78 is 0. The number of nitriles is 1. The number of hydrogen-bond donors (Lipinski definition) is 1. The molecule has 23 heavy (non-hydrogen) atoms. The second kappa shape index (κ2) is 6.05. The number of aromatic nitrogens is 3. The summed E-state index contributed by atoms with van der Waals surface area (Å²) in [5.74, 6) is 1.87. The number of H-pyrrole nitrogens is 1. The van der Waals surface area contributed by atoms with Crippen LogP contribution in [-0.4, -0.2) is 15.2 Å². The molecule has 0 atom stereocenters. The van der Waals surface area contributed by atoms with Crippen molar-refractivity contribution in [3.63, 3.8) is 0 Å². The summed E-state index contributed by atoms with van der Waals surface area (Å²) in [7, 11) is 0. The lowest BCUT2D eigenvalue weighted by atomic mass is 9.90. The van der Waals surface area contributed by atoms with Gasteiger partial charge in [-0.25, -0.2) is 4.98 Å². The first-order valence-electron chi connectivity index (χ1n) is 7.62. The maximum atomic E-state index is 9.15. The van der Waals surface area contributed by atoms with Crippen LogP contribution in [0.25, 0.3) is 22.5 Å². The summed E-state index contributed by atoms with van der Waals surface area (Å²) in [6.45, 7) is 6.23. The number of rotatable bonds is 3. The zero-order chi connectivity index (χ0) is 16.4. The standard InChI is InChI=1S/C19H18N4/c1-12(2)17-8-7-16(19-21-13(3)22-23-19)10-18(17)15-6-4-5-14(9-15)11-20/h4-10,12H,1-3H3,(H,21,22,23). The summed E-state index contributed by atoms with van der Waals surface area (Å²) in [5.41, 5.74) is 5.04. The van der Waals surface area contributed by atoms with Gasteiger partial charge in [-0.15, -0.1) is 0 Å². The Morgan fingerprint density at radius 1 is 1.09 bits per heavy atom. The Morgan fingerprint density at radius 3 is 2.57 bits per heavy atom. The van der Waals surface area contributed by atoms with E-state index in [0.29, 0.717) is 17.3 Å². The van der Waals surface area contributed by atoms with E-state index < -0.39 is 0 Å². The van der Waals surface area contributed by atoms with Crippen LogP contribution < -0.4 is 0 Å². The first-order chi connectivity index (χ1) is 11.1. The fraction of sp³-hybridized carbons (Fsp3) is 0.211. The van der Waals surface area contributed by atoms with Gasteiger partial charge in [-0.05, 0) is 47.7 Å². The van der Waals surface area contributed by atoms with Crippen LogP contribution in [0.4, 0.5) is 0 Å². The maximum absolute atomic E-state index is 9.15. The molecule has 0 amide bonds. The fourth-order valence-corrected chi connectivity index (χ4v) is 2.68. The molecule has 114 valence electrons. The molecule has 2 aromatic carbocycles. The Morgan fingerprint density at radius 2 is 1.91 bits per heavy atom. The molecule has 0 radical (unpaired) electrons. The molecule has 3 aromatic rings. The lowest BCUT2D eigenvalue weighted by Crippen LogP contribution is -1.94. The predicted octanol–water partition coefficient (Wildman–Crippen LogP) is 4.44. The number of aryl methyl sites for hydroxylation is 1. The van der Waals surface area contributed by atoms with Crippen molar-refractivity contribution in [2.45, 2.75) is 26.7 Å². The van der Waals surface area contributed by atoms with Gasteiger partial charge in [0.1, 0.15) is 5.82 Å². The molecule has 4 nitrogen and oxygen atoms in total. The quantitative estimate of drug-likeness (QED) is 0.777. The first kappa shape index (κ1) is 15.0. The number of nitrogens with zero attached hydrogens (tertiary/aromatic N) is 3. The molecule has 3 rings (SSSR count). The molecule has 1 aromatic heterocycles. The molecule has 0 aliphatic heterocycles. The van der Waals surface area contributed by atoms with Crippen molar-refractivity contribution in [2.24, 2.45) is 0 Å². The maximum Gasteiger partial charge on any atom is 0.181 e. The zero-order valence-electron chi connectivity index (χ0n) is 13.5. The van der Waals surface area contributed by atoms with Gasteiger partial charge in [-0.1, -0.05) is 38.1 Å². The lowest BCUT2D eigenvalue weighted by molar-refractivity contribution is 0.869. The summed E-state index contributed by atoms with van der Waals surface area (Å²) in [6.07, 6.45) is 0. The van der Waals surface area contributed by atoms with E-state index in [9.17, 15) is 0 Å². The van der Waals surface area contributed by atoms with E-state index in [4.69, 9.17) is 5.26 Å². The minimum Gasteiger partial charge on any atom is -0.263 e. The van der Waals surface area contributed by atoms with E-state index in [1.54, 1.807) is 0 Å². The van der Waals surface area contributed by atoms with Crippen molar-refractivity contribution in [2.75, 3.05) is 0 Å². The number of nitrogens with one attached hydrogen (secondary N) is 1. The molecule has 1 N–H and O–H groups in total. The van der Waals surface area contributed by atoms with Gasteiger partial charge in [0.2, 0.25) is 0 Å². The number of benzene rings is 2. The highest BCUT2D eigenvalue weighted by atomic mass is 15.2. The van der Waals surface area contributed by atoms with Crippen LogP contribution in [0.3, 0.4) is 0 Å². The molecule has 0 saturated heterocycles. The second-order valence-electron chi connectivity index (χ2n) is 5.89. The molecular formula is C19H18N4. The third kappa shape index (κ3) is 3.00. The van der Waals surface area contributed by atoms with Crippen molar-refractivity contribution in [1.29, 1.82) is 5.26 Å². The van der Waals surface area contributed by atoms with Crippen LogP contribution in [-0.2, 0) is 0 Å². The number of hydrogen-bond acceptors (Lipinski definition) is 3. The Kier molecular flexibility index (Phi) is 3.94. The molecule has 0 bridgehead atoms. The molecule has 4 heteroatoms. The van der Waals surface area contributed by atoms with Crippen molar-refractivity contribution in [3.05, 3.63) is 59.4 Å². The zero-order valence-corrected chi connectivity index (χ0v) is 13.5. The van der Waals surface area contributed by atoms with E-state index in [1.807, 2.05) is 31.2 Å². The topological polar surface area (TPSA) is 65.4 Å². The van der Waals surface area contributed by atoms with Gasteiger partial charge in [0, 0.05) is 5.56 Å². The molecule has 0 fully saturated rings. The average Bonchev–Trinajstić information content (AvgIpc) is 3.00. The predicted molar refractivity (Wildman–Crippen MR) is 90.8 cm³/mol. The summed E-state index contributed by atoms with van der Waals surface area (Å²) in [5, 5.41) is 16.3. The van der Waals surface area contributed by atoms with Gasteiger partial charge < -0.3 is 0 Å². The lowest BCUT2D eigenvalue weighted by Gasteiger charge is -2.14. The molecule has 0 saturated carbocycles. The second-order valence-corrected chi connectivity index (χ2v) is 5.89. The first-order valence-corrected chi connectivity index (χ1v) is 7.62. The van der Waals surface area contributed by atoms with E-state index in [-0.39, 0.29) is 0 Å². The van der Waals surface area contributed by atoms with E-state index >= 15 is 0 Å². The van der Waals surface area contributed by atoms with Gasteiger partial charge in [-0.3, -0.25) is 5.10 Å². The van der Waals surface area contributed by atoms with Crippen LogP contribution in [0, 0.1) is 18.3 Å². The van der Waals surface area contributed by atoms with Gasteiger partial charge in [-0.2, -0.15) is 10.4 Å². The van der Waals surface area contributed by atoms with Gasteiger partial charge in [0.05, 0.1) is 11.6 Å². The van der Waals surface area contributed by atoms with Crippen LogP contribution in [0.2, 0.25) is 0 Å². The van der Waals surface area contributed by atoms with Crippen molar-refractivity contribution in [3.8, 4) is 28.6 Å². The van der Waals surface area contributed by atoms with Gasteiger partial charge in [0.25, 0.3) is 0 Å². The SMILES string of the molecule is Cc1nc(-c2ccc(C(C)C)c(-c3cccc(C#N)c3)c2)n[nH]1. The highest BCUT2D eigenvalue weighted by molar-refractivity contribution is 5.74. The Hall–Kier alpha value is -2.93. The summed E-state index contributed by atoms with van der Waals surface area (Å²) in [4.78, 5) is 4.40. The van der Waals surface area contributed by atoms with E-state index in [1.165, 1.54) is 5.56 Å². The average molecular weight is 302 g/mol. The van der Waals surface area contributed by atoms with Crippen molar-refractivity contribution < 1.29 is 0 Å². The molecule has 0 spiro atoms. The highest BCUT2D eigenvalue weighted by Gasteiger charge is 2.13. The van der Waals surface area contributed by atoms with Crippen LogP contribution >= 0.6 is 0 Å². The molecule has 0 unspecified atom stereocenters. The Labute approximate surface area is 135 Å². The summed E-state index contributed by atoms with van der Waals surface area (Å²) in [6, 6.07) is 16.2. The molecule has 0 aliphatic rings. The summed E-state index contributed by atoms with van der Waals surface area (Å²) >= 11 is 0. The largest absolute Gasteiger partial charge is 0.263 e. The van der Waals surface area contributed by atoms with Gasteiger partial charge >= 0.3 is 0 Å². The highest BCUT2D eigenvalue weighted by Crippen LogP contribution is 2.33. The molecule has 1 heterocycles. The van der Waals surface area contributed by atoms with Crippen LogP contribution in [0.5, 0.6) is 0 Å². The van der Waals surface area contributed by atoms with Crippen LogP contribution in [0.1, 0.15) is 36.7 Å².